The average molecular weight is 247 g/mol. The van der Waals surface area contributed by atoms with Gasteiger partial charge in [0.1, 0.15) is 5.82 Å². The molecule has 0 bridgehead atoms. The largest absolute Gasteiger partial charge is 0.465 e. The van der Waals surface area contributed by atoms with E-state index < -0.39 is 0 Å². The van der Waals surface area contributed by atoms with Crippen molar-refractivity contribution in [3.05, 3.63) is 29.6 Å². The van der Waals surface area contributed by atoms with Crippen LogP contribution in [-0.4, -0.2) is 29.7 Å². The summed E-state index contributed by atoms with van der Waals surface area (Å²) in [7, 11) is 3.27. The summed E-state index contributed by atoms with van der Waals surface area (Å²) in [5, 5.41) is 3.09. The van der Waals surface area contributed by atoms with Gasteiger partial charge in [0.15, 0.2) is 0 Å². The Hall–Kier alpha value is -1.88. The average Bonchev–Trinajstić information content (AvgIpc) is 2.74. The van der Waals surface area contributed by atoms with E-state index in [4.69, 9.17) is 4.74 Å². The maximum Gasteiger partial charge on any atom is 0.337 e. The Morgan fingerprint density at radius 2 is 2.28 bits per heavy atom. The second kappa shape index (κ2) is 5.18. The molecule has 1 aromatic carbocycles. The van der Waals surface area contributed by atoms with Crippen LogP contribution in [0.1, 0.15) is 23.1 Å². The predicted molar refractivity (Wildman–Crippen MR) is 69.5 cm³/mol. The molecule has 0 atom stereocenters. The van der Waals surface area contributed by atoms with Crippen LogP contribution >= 0.6 is 0 Å². The molecule has 18 heavy (non-hydrogen) atoms. The molecule has 0 saturated carbocycles. The number of aryl methyl sites for hydroxylation is 1. The number of rotatable bonds is 4. The van der Waals surface area contributed by atoms with Gasteiger partial charge in [-0.25, -0.2) is 9.78 Å². The summed E-state index contributed by atoms with van der Waals surface area (Å²) < 4.78 is 6.83. The van der Waals surface area contributed by atoms with Gasteiger partial charge in [-0.1, -0.05) is 0 Å². The number of aromatic nitrogens is 2. The number of methoxy groups -OCH3 is 1. The number of ether oxygens (including phenoxy) is 1. The SMILES string of the molecule is CCn1c(CNC)nc2ccc(C(=O)OC)cc21. The van der Waals surface area contributed by atoms with Crippen LogP contribution in [0.5, 0.6) is 0 Å². The highest BCUT2D eigenvalue weighted by molar-refractivity contribution is 5.93. The van der Waals surface area contributed by atoms with Crippen LogP contribution in [0.15, 0.2) is 18.2 Å². The lowest BCUT2D eigenvalue weighted by Crippen LogP contribution is -2.11. The minimum Gasteiger partial charge on any atom is -0.465 e. The predicted octanol–water partition coefficient (Wildman–Crippen LogP) is 1.56. The number of nitrogens with one attached hydrogen (secondary N) is 1. The summed E-state index contributed by atoms with van der Waals surface area (Å²) in [4.78, 5) is 16.1. The Morgan fingerprint density at radius 3 is 2.89 bits per heavy atom. The molecule has 0 saturated heterocycles. The van der Waals surface area contributed by atoms with Crippen LogP contribution in [-0.2, 0) is 17.8 Å². The van der Waals surface area contributed by atoms with Crippen LogP contribution in [0.4, 0.5) is 0 Å². The smallest absolute Gasteiger partial charge is 0.337 e. The molecular formula is C13H17N3O2. The first-order chi connectivity index (χ1) is 8.71. The lowest BCUT2D eigenvalue weighted by atomic mass is 10.2. The van der Waals surface area contributed by atoms with E-state index in [1.54, 1.807) is 6.07 Å². The molecule has 0 radical (unpaired) electrons. The number of fused-ring (bicyclic) bond motifs is 1. The van der Waals surface area contributed by atoms with E-state index in [2.05, 4.69) is 21.8 Å². The number of esters is 1. The van der Waals surface area contributed by atoms with Gasteiger partial charge in [0.2, 0.25) is 0 Å². The van der Waals surface area contributed by atoms with Crippen molar-refractivity contribution in [1.82, 2.24) is 14.9 Å². The standard InChI is InChI=1S/C13H17N3O2/c1-4-16-11-7-9(13(17)18-3)5-6-10(11)15-12(16)8-14-2/h5-7,14H,4,8H2,1-3H3. The maximum absolute atomic E-state index is 11.5. The molecule has 0 aliphatic heterocycles. The first-order valence-corrected chi connectivity index (χ1v) is 5.93. The Balaban J connectivity index is 2.57. The van der Waals surface area contributed by atoms with Crippen molar-refractivity contribution in [3.8, 4) is 0 Å². The highest BCUT2D eigenvalue weighted by atomic mass is 16.5. The Labute approximate surface area is 106 Å². The van der Waals surface area contributed by atoms with Gasteiger partial charge in [0, 0.05) is 6.54 Å². The van der Waals surface area contributed by atoms with Gasteiger partial charge in [-0.2, -0.15) is 0 Å². The van der Waals surface area contributed by atoms with Gasteiger partial charge in [-0.3, -0.25) is 0 Å². The van der Waals surface area contributed by atoms with Crippen LogP contribution in [0.25, 0.3) is 11.0 Å². The second-order valence-corrected chi connectivity index (χ2v) is 4.00. The number of imidazole rings is 1. The molecule has 96 valence electrons. The normalized spacial score (nSPS) is 10.8. The molecule has 2 rings (SSSR count). The Bertz CT molecular complexity index is 575. The molecule has 5 heteroatoms. The zero-order chi connectivity index (χ0) is 13.1. The van der Waals surface area contributed by atoms with Gasteiger partial charge >= 0.3 is 5.97 Å². The van der Waals surface area contributed by atoms with E-state index >= 15 is 0 Å². The quantitative estimate of drug-likeness (QED) is 0.833. The zero-order valence-electron chi connectivity index (χ0n) is 10.9. The molecule has 0 amide bonds. The van der Waals surface area contributed by atoms with E-state index in [0.717, 1.165) is 23.4 Å². The van der Waals surface area contributed by atoms with Crippen molar-refractivity contribution >= 4 is 17.0 Å². The number of nitrogens with zero attached hydrogens (tertiary/aromatic N) is 2. The van der Waals surface area contributed by atoms with Crippen molar-refractivity contribution in [2.24, 2.45) is 0 Å². The fourth-order valence-electron chi connectivity index (χ4n) is 2.06. The molecule has 1 aromatic heterocycles. The van der Waals surface area contributed by atoms with Crippen molar-refractivity contribution in [2.75, 3.05) is 14.2 Å². The molecule has 1 N–H and O–H groups in total. The van der Waals surface area contributed by atoms with Gasteiger partial charge in [-0.05, 0) is 32.2 Å². The van der Waals surface area contributed by atoms with Gasteiger partial charge in [0.05, 0.1) is 30.3 Å². The molecule has 0 fully saturated rings. The Morgan fingerprint density at radius 1 is 1.50 bits per heavy atom. The lowest BCUT2D eigenvalue weighted by molar-refractivity contribution is 0.0601. The summed E-state index contributed by atoms with van der Waals surface area (Å²) in [5.74, 6) is 0.646. The first-order valence-electron chi connectivity index (χ1n) is 5.93. The molecule has 2 aromatic rings. The van der Waals surface area contributed by atoms with Crippen LogP contribution in [0, 0.1) is 0 Å². The van der Waals surface area contributed by atoms with Gasteiger partial charge < -0.3 is 14.6 Å². The fourth-order valence-corrected chi connectivity index (χ4v) is 2.06. The monoisotopic (exact) mass is 247 g/mol. The third kappa shape index (κ3) is 2.09. The van der Waals surface area contributed by atoms with Crippen LogP contribution in [0.2, 0.25) is 0 Å². The molecule has 0 aliphatic carbocycles. The summed E-state index contributed by atoms with van der Waals surface area (Å²) in [5.41, 5.74) is 2.41. The van der Waals surface area contributed by atoms with Crippen molar-refractivity contribution < 1.29 is 9.53 Å². The first kappa shape index (κ1) is 12.6. The minimum atomic E-state index is -0.323. The van der Waals surface area contributed by atoms with E-state index in [9.17, 15) is 4.79 Å². The minimum absolute atomic E-state index is 0.323. The van der Waals surface area contributed by atoms with E-state index in [-0.39, 0.29) is 5.97 Å². The molecular weight excluding hydrogens is 230 g/mol. The lowest BCUT2D eigenvalue weighted by Gasteiger charge is -2.05. The topological polar surface area (TPSA) is 56.2 Å². The van der Waals surface area contributed by atoms with E-state index in [0.29, 0.717) is 12.1 Å². The van der Waals surface area contributed by atoms with Crippen molar-refractivity contribution in [3.63, 3.8) is 0 Å². The molecule has 5 nitrogen and oxygen atoms in total. The summed E-state index contributed by atoms with van der Waals surface area (Å²) in [6.45, 7) is 3.58. The summed E-state index contributed by atoms with van der Waals surface area (Å²) >= 11 is 0. The highest BCUT2D eigenvalue weighted by Gasteiger charge is 2.12. The van der Waals surface area contributed by atoms with E-state index in [1.807, 2.05) is 19.2 Å². The number of benzene rings is 1. The molecule has 1 heterocycles. The van der Waals surface area contributed by atoms with Crippen LogP contribution < -0.4 is 5.32 Å². The molecule has 0 unspecified atom stereocenters. The van der Waals surface area contributed by atoms with Crippen molar-refractivity contribution in [2.45, 2.75) is 20.0 Å². The maximum atomic E-state index is 11.5. The third-order valence-corrected chi connectivity index (χ3v) is 2.90. The van der Waals surface area contributed by atoms with Crippen molar-refractivity contribution in [1.29, 1.82) is 0 Å². The third-order valence-electron chi connectivity index (χ3n) is 2.90. The van der Waals surface area contributed by atoms with Crippen LogP contribution in [0.3, 0.4) is 0 Å². The highest BCUT2D eigenvalue weighted by Crippen LogP contribution is 2.18. The fraction of sp³-hybridized carbons (Fsp3) is 0.385. The Kier molecular flexibility index (Phi) is 3.62. The number of hydrogen-bond donors (Lipinski definition) is 1. The number of hydrogen-bond acceptors (Lipinski definition) is 4. The van der Waals surface area contributed by atoms with Gasteiger partial charge in [0.25, 0.3) is 0 Å². The second-order valence-electron chi connectivity index (χ2n) is 4.00. The zero-order valence-corrected chi connectivity index (χ0v) is 10.9. The number of carbonyl (C=O) groups is 1. The molecule has 0 spiro atoms. The summed E-state index contributed by atoms with van der Waals surface area (Å²) in [6.07, 6.45) is 0. The number of carbonyl (C=O) groups excluding carboxylic acids is 1. The van der Waals surface area contributed by atoms with Gasteiger partial charge in [-0.15, -0.1) is 0 Å². The summed E-state index contributed by atoms with van der Waals surface area (Å²) in [6, 6.07) is 5.42. The van der Waals surface area contributed by atoms with E-state index in [1.165, 1.54) is 7.11 Å². The molecule has 0 aliphatic rings.